The number of carbonyl (C=O) groups is 6. The van der Waals surface area contributed by atoms with Crippen molar-refractivity contribution in [3.63, 3.8) is 0 Å². The first-order chi connectivity index (χ1) is 18.8. The number of methoxy groups -OCH3 is 2. The number of ether oxygens (including phenoxy) is 5. The zero-order valence-corrected chi connectivity index (χ0v) is 21.4. The van der Waals surface area contributed by atoms with Gasteiger partial charge in [0.2, 0.25) is 0 Å². The van der Waals surface area contributed by atoms with Crippen LogP contribution in [0.2, 0.25) is 0 Å². The van der Waals surface area contributed by atoms with Crippen LogP contribution in [-0.4, -0.2) is 88.6 Å². The summed E-state index contributed by atoms with van der Waals surface area (Å²) in [6.45, 7) is 0.0381. The molecule has 2 aliphatic rings. The zero-order valence-electron chi connectivity index (χ0n) is 21.4. The summed E-state index contributed by atoms with van der Waals surface area (Å²) in [7, 11) is 2.96. The molecule has 2 aromatic carbocycles. The van der Waals surface area contributed by atoms with Crippen LogP contribution in [0.4, 0.5) is 0 Å². The van der Waals surface area contributed by atoms with Crippen LogP contribution in [0.25, 0.3) is 0 Å². The van der Waals surface area contributed by atoms with E-state index in [2.05, 4.69) is 0 Å². The van der Waals surface area contributed by atoms with Gasteiger partial charge in [0.15, 0.2) is 34.7 Å². The Labute approximate surface area is 223 Å². The van der Waals surface area contributed by atoms with Gasteiger partial charge in [-0.15, -0.1) is 0 Å². The monoisotopic (exact) mass is 538 g/mol. The van der Waals surface area contributed by atoms with Crippen LogP contribution in [0.15, 0.2) is 36.4 Å². The highest BCUT2D eigenvalue weighted by atomic mass is 16.5. The van der Waals surface area contributed by atoms with Gasteiger partial charge in [-0.05, 0) is 36.4 Å². The first-order valence-electron chi connectivity index (χ1n) is 12.1. The highest BCUT2D eigenvalue weighted by Crippen LogP contribution is 2.35. The van der Waals surface area contributed by atoms with Crippen LogP contribution in [0.3, 0.4) is 0 Å². The van der Waals surface area contributed by atoms with E-state index in [1.54, 1.807) is 0 Å². The van der Waals surface area contributed by atoms with Crippen molar-refractivity contribution in [2.75, 3.05) is 53.9 Å². The first kappa shape index (κ1) is 28.1. The third kappa shape index (κ3) is 5.76. The fourth-order valence-corrected chi connectivity index (χ4v) is 4.39. The summed E-state index contributed by atoms with van der Waals surface area (Å²) in [4.78, 5) is 76.1. The molecule has 2 aliphatic carbocycles. The lowest BCUT2D eigenvalue weighted by Crippen LogP contribution is -2.29. The molecule has 0 N–H and O–H groups in total. The van der Waals surface area contributed by atoms with Crippen molar-refractivity contribution < 1.29 is 52.5 Å². The molecule has 0 amide bonds. The van der Waals surface area contributed by atoms with Crippen LogP contribution < -0.4 is 4.74 Å². The summed E-state index contributed by atoms with van der Waals surface area (Å²) in [6.07, 6.45) is 0. The third-order valence-corrected chi connectivity index (χ3v) is 6.32. The zero-order chi connectivity index (χ0) is 28.1. The van der Waals surface area contributed by atoms with E-state index in [0.717, 1.165) is 0 Å². The summed E-state index contributed by atoms with van der Waals surface area (Å²) in [5.41, 5.74) is 0.288. The van der Waals surface area contributed by atoms with Crippen molar-refractivity contribution in [3.05, 3.63) is 58.7 Å². The second-order valence-electron chi connectivity index (χ2n) is 8.86. The fraction of sp³-hybridized carbons (Fsp3) is 0.357. The summed E-state index contributed by atoms with van der Waals surface area (Å²) in [6, 6.07) is 8.39. The number of benzene rings is 2. The maximum absolute atomic E-state index is 12.9. The average Bonchev–Trinajstić information content (AvgIpc) is 3.32. The van der Waals surface area contributed by atoms with Crippen molar-refractivity contribution in [3.8, 4) is 11.5 Å². The molecule has 0 fully saturated rings. The van der Waals surface area contributed by atoms with Gasteiger partial charge in [-0.1, -0.05) is 0 Å². The smallest absolute Gasteiger partial charge is 0.182 e. The lowest BCUT2D eigenvalue weighted by atomic mass is 9.99. The Balaban J connectivity index is 1.46. The predicted molar refractivity (Wildman–Crippen MR) is 133 cm³/mol. The van der Waals surface area contributed by atoms with E-state index in [-0.39, 0.29) is 60.2 Å². The van der Waals surface area contributed by atoms with Gasteiger partial charge in [0.25, 0.3) is 0 Å². The predicted octanol–water partition coefficient (Wildman–Crippen LogP) is 1.93. The van der Waals surface area contributed by atoms with E-state index in [1.807, 2.05) is 0 Å². The maximum Gasteiger partial charge on any atom is 0.182 e. The second kappa shape index (κ2) is 12.3. The Kier molecular flexibility index (Phi) is 8.87. The molecule has 0 saturated heterocycles. The normalized spacial score (nSPS) is 17.9. The standard InChI is InChI=1S/C28H26O11/c1-35-7-9-37-13-21(29)23-25(31)17-5-3-15(11-19(17)27(23)33)39-16-4-6-18-20(12-16)28(34)24(26(18)32)22(30)14-38-10-8-36-2/h3-6,11-12,23-24H,7-10,13-14H2,1-2H3. The van der Waals surface area contributed by atoms with E-state index < -0.39 is 59.7 Å². The van der Waals surface area contributed by atoms with Gasteiger partial charge in [-0.2, -0.15) is 0 Å². The first-order valence-corrected chi connectivity index (χ1v) is 12.1. The molecule has 0 heterocycles. The van der Waals surface area contributed by atoms with Crippen molar-refractivity contribution in [1.82, 2.24) is 0 Å². The third-order valence-electron chi connectivity index (χ3n) is 6.32. The van der Waals surface area contributed by atoms with E-state index >= 15 is 0 Å². The van der Waals surface area contributed by atoms with Gasteiger partial charge < -0.3 is 23.7 Å². The molecule has 204 valence electrons. The lowest BCUT2D eigenvalue weighted by molar-refractivity contribution is -0.126. The van der Waals surface area contributed by atoms with Gasteiger partial charge in [-0.25, -0.2) is 0 Å². The SMILES string of the molecule is COCCOCC(=O)C1C(=O)c2ccc(Oc3ccc4c(c3)C(=O)C(C(=O)COCCOC)C4=O)cc2C1=O. The lowest BCUT2D eigenvalue weighted by Gasteiger charge is -2.08. The number of rotatable bonds is 14. The molecule has 0 radical (unpaired) electrons. The molecular formula is C28H26O11. The molecule has 0 saturated carbocycles. The highest BCUT2D eigenvalue weighted by Gasteiger charge is 2.44. The summed E-state index contributed by atoms with van der Waals surface area (Å²) < 4.78 is 25.8. The van der Waals surface area contributed by atoms with Crippen molar-refractivity contribution in [1.29, 1.82) is 0 Å². The van der Waals surface area contributed by atoms with Crippen molar-refractivity contribution in [2.45, 2.75) is 0 Å². The van der Waals surface area contributed by atoms with Crippen LogP contribution in [-0.2, 0) is 28.5 Å². The Morgan fingerprint density at radius 2 is 0.974 bits per heavy atom. The molecule has 0 spiro atoms. The molecule has 39 heavy (non-hydrogen) atoms. The minimum Gasteiger partial charge on any atom is -0.457 e. The van der Waals surface area contributed by atoms with Crippen LogP contribution >= 0.6 is 0 Å². The molecule has 2 aromatic rings. The molecule has 0 bridgehead atoms. The number of hydrogen-bond donors (Lipinski definition) is 0. The summed E-state index contributed by atoms with van der Waals surface area (Å²) >= 11 is 0. The Morgan fingerprint density at radius 1 is 0.590 bits per heavy atom. The fourth-order valence-electron chi connectivity index (χ4n) is 4.39. The van der Waals surface area contributed by atoms with Gasteiger partial charge in [-0.3, -0.25) is 28.8 Å². The number of carbonyl (C=O) groups excluding carboxylic acids is 6. The molecule has 2 unspecified atom stereocenters. The summed E-state index contributed by atoms with van der Waals surface area (Å²) in [5.74, 6) is -6.40. The molecule has 11 nitrogen and oxygen atoms in total. The quantitative estimate of drug-likeness (QED) is 0.257. The van der Waals surface area contributed by atoms with Crippen LogP contribution in [0, 0.1) is 11.8 Å². The number of fused-ring (bicyclic) bond motifs is 2. The van der Waals surface area contributed by atoms with Crippen LogP contribution in [0.5, 0.6) is 11.5 Å². The Hall–Kier alpha value is -3.90. The maximum atomic E-state index is 12.9. The Bertz CT molecular complexity index is 1240. The van der Waals surface area contributed by atoms with Gasteiger partial charge >= 0.3 is 0 Å². The van der Waals surface area contributed by atoms with E-state index in [4.69, 9.17) is 23.7 Å². The average molecular weight is 539 g/mol. The molecule has 4 rings (SSSR count). The van der Waals surface area contributed by atoms with Crippen molar-refractivity contribution >= 4 is 34.7 Å². The molecule has 2 atom stereocenters. The topological polar surface area (TPSA) is 149 Å². The molecule has 0 aliphatic heterocycles. The highest BCUT2D eigenvalue weighted by molar-refractivity contribution is 6.36. The van der Waals surface area contributed by atoms with E-state index in [0.29, 0.717) is 0 Å². The van der Waals surface area contributed by atoms with Crippen molar-refractivity contribution in [2.24, 2.45) is 11.8 Å². The summed E-state index contributed by atoms with van der Waals surface area (Å²) in [5, 5.41) is 0. The molecule has 11 heteroatoms. The van der Waals surface area contributed by atoms with E-state index in [1.165, 1.54) is 50.6 Å². The minimum atomic E-state index is -1.48. The van der Waals surface area contributed by atoms with Gasteiger partial charge in [0.05, 0.1) is 26.4 Å². The van der Waals surface area contributed by atoms with Crippen LogP contribution in [0.1, 0.15) is 41.4 Å². The minimum absolute atomic E-state index is 0.0410. The Morgan fingerprint density at radius 3 is 1.36 bits per heavy atom. The number of hydrogen-bond acceptors (Lipinski definition) is 11. The number of ketones is 6. The molecule has 0 aromatic heterocycles. The van der Waals surface area contributed by atoms with E-state index in [9.17, 15) is 28.8 Å². The van der Waals surface area contributed by atoms with Gasteiger partial charge in [0.1, 0.15) is 36.5 Å². The molecular weight excluding hydrogens is 512 g/mol. The van der Waals surface area contributed by atoms with Gasteiger partial charge in [0, 0.05) is 36.5 Å². The second-order valence-corrected chi connectivity index (χ2v) is 8.86. The number of Topliss-reactive ketones (excluding diaryl/α,β-unsaturated/α-hetero) is 6. The largest absolute Gasteiger partial charge is 0.457 e.